The normalized spacial score (nSPS) is 15.8. The average Bonchev–Trinajstić information content (AvgIpc) is 3.15. The van der Waals surface area contributed by atoms with Gasteiger partial charge in [0.1, 0.15) is 16.5 Å². The van der Waals surface area contributed by atoms with Crippen LogP contribution in [0.15, 0.2) is 58.3 Å². The summed E-state index contributed by atoms with van der Waals surface area (Å²) in [6.07, 6.45) is 1.86. The monoisotopic (exact) mass is 426 g/mol. The zero-order chi connectivity index (χ0) is 21.1. The quantitative estimate of drug-likeness (QED) is 0.556. The first-order valence-electron chi connectivity index (χ1n) is 9.97. The average molecular weight is 427 g/mol. The maximum Gasteiger partial charge on any atom is 0.210 e. The van der Waals surface area contributed by atoms with E-state index in [2.05, 4.69) is 37.8 Å². The first kappa shape index (κ1) is 20.4. The number of piperidine rings is 1. The lowest BCUT2D eigenvalue weighted by atomic mass is 10.1. The van der Waals surface area contributed by atoms with Crippen LogP contribution >= 0.6 is 0 Å². The Kier molecular flexibility index (Phi) is 5.74. The topological polar surface area (TPSA) is 103 Å². The fourth-order valence-electron chi connectivity index (χ4n) is 3.52. The number of likely N-dealkylation sites (tertiary alicyclic amines) is 1. The van der Waals surface area contributed by atoms with Crippen molar-refractivity contribution >= 4 is 27.3 Å². The molecule has 0 unspecified atom stereocenters. The molecule has 0 spiro atoms. The fraction of sp³-hybridized carbons (Fsp3) is 0.333. The van der Waals surface area contributed by atoms with E-state index in [1.54, 1.807) is 42.5 Å². The molecule has 4 rings (SSSR count). The van der Waals surface area contributed by atoms with Gasteiger partial charge in [0, 0.05) is 17.8 Å². The second-order valence-corrected chi connectivity index (χ2v) is 9.56. The minimum atomic E-state index is -3.70. The Labute approximate surface area is 176 Å². The van der Waals surface area contributed by atoms with Crippen molar-refractivity contribution in [3.8, 4) is 0 Å². The van der Waals surface area contributed by atoms with Crippen LogP contribution in [0.3, 0.4) is 0 Å². The van der Waals surface area contributed by atoms with E-state index in [0.29, 0.717) is 17.5 Å². The number of nitrogens with one attached hydrogen (secondary N) is 3. The van der Waals surface area contributed by atoms with Crippen molar-refractivity contribution in [3.05, 3.63) is 54.2 Å². The number of sulfone groups is 1. The van der Waals surface area contributed by atoms with E-state index in [0.717, 1.165) is 31.6 Å². The van der Waals surface area contributed by atoms with Gasteiger partial charge in [-0.05, 0) is 64.2 Å². The molecule has 158 valence electrons. The van der Waals surface area contributed by atoms with E-state index >= 15 is 0 Å². The highest BCUT2D eigenvalue weighted by Crippen LogP contribution is 2.30. The van der Waals surface area contributed by atoms with Crippen molar-refractivity contribution in [2.24, 2.45) is 0 Å². The molecule has 1 saturated heterocycles. The predicted octanol–water partition coefficient (Wildman–Crippen LogP) is 3.20. The van der Waals surface area contributed by atoms with Crippen LogP contribution in [-0.4, -0.2) is 54.7 Å². The number of hydrogen-bond donors (Lipinski definition) is 3. The first-order chi connectivity index (χ1) is 14.4. The van der Waals surface area contributed by atoms with Gasteiger partial charge >= 0.3 is 0 Å². The van der Waals surface area contributed by atoms with Gasteiger partial charge in [-0.3, -0.25) is 5.10 Å². The Morgan fingerprint density at radius 2 is 1.80 bits per heavy atom. The third-order valence-electron chi connectivity index (χ3n) is 5.22. The van der Waals surface area contributed by atoms with Gasteiger partial charge in [-0.15, -0.1) is 0 Å². The highest BCUT2D eigenvalue weighted by atomic mass is 32.2. The zero-order valence-electron chi connectivity index (χ0n) is 17.1. The first-order valence-corrected chi connectivity index (χ1v) is 11.5. The fourth-order valence-corrected chi connectivity index (χ4v) is 4.90. The Bertz CT molecular complexity index is 1110. The third-order valence-corrected chi connectivity index (χ3v) is 7.02. The van der Waals surface area contributed by atoms with E-state index < -0.39 is 9.84 Å². The Balaban J connectivity index is 1.69. The lowest BCUT2D eigenvalue weighted by Crippen LogP contribution is -2.37. The Morgan fingerprint density at radius 1 is 1.07 bits per heavy atom. The number of anilines is 3. The molecule has 3 N–H and O–H groups in total. The lowest BCUT2D eigenvalue weighted by Gasteiger charge is -2.30. The van der Waals surface area contributed by atoms with Gasteiger partial charge in [0.25, 0.3) is 0 Å². The predicted molar refractivity (Wildman–Crippen MR) is 117 cm³/mol. The molecule has 0 radical (unpaired) electrons. The molecule has 3 heterocycles. The van der Waals surface area contributed by atoms with Crippen LogP contribution in [0.1, 0.15) is 18.5 Å². The van der Waals surface area contributed by atoms with E-state index in [4.69, 9.17) is 0 Å². The molecule has 1 aromatic carbocycles. The van der Waals surface area contributed by atoms with Crippen LogP contribution in [0.25, 0.3) is 0 Å². The summed E-state index contributed by atoms with van der Waals surface area (Å²) in [6, 6.07) is 13.8. The van der Waals surface area contributed by atoms with Crippen molar-refractivity contribution < 1.29 is 8.42 Å². The molecule has 30 heavy (non-hydrogen) atoms. The summed E-state index contributed by atoms with van der Waals surface area (Å²) in [4.78, 5) is 7.31. The maximum atomic E-state index is 13.3. The number of aromatic nitrogens is 3. The van der Waals surface area contributed by atoms with E-state index in [1.165, 1.54) is 0 Å². The summed E-state index contributed by atoms with van der Waals surface area (Å²) in [6.45, 7) is 3.83. The number of hydrogen-bond acceptors (Lipinski definition) is 7. The van der Waals surface area contributed by atoms with Crippen LogP contribution in [0.5, 0.6) is 0 Å². The van der Waals surface area contributed by atoms with Gasteiger partial charge in [0.05, 0.1) is 4.90 Å². The smallest absolute Gasteiger partial charge is 0.210 e. The summed E-state index contributed by atoms with van der Waals surface area (Å²) in [5.74, 6) is 1.53. The number of aryl methyl sites for hydroxylation is 1. The number of benzene rings is 1. The standard InChI is InChI=1S/C21H26N6O2S/c1-15-14-20(26-25-15)23-19-9-8-18(30(28,29)17-6-4-3-5-7-17)21(24-19)22-16-10-12-27(2)13-11-16/h3-9,14,16H,10-13H2,1-2H3,(H3,22,23,24,25,26). The molecule has 9 heteroatoms. The van der Waals surface area contributed by atoms with Crippen molar-refractivity contribution in [1.82, 2.24) is 20.1 Å². The Hall–Kier alpha value is -2.91. The molecule has 1 aliphatic heterocycles. The minimum absolute atomic E-state index is 0.168. The summed E-state index contributed by atoms with van der Waals surface area (Å²) in [5.41, 5.74) is 0.922. The van der Waals surface area contributed by atoms with Gasteiger partial charge in [0.2, 0.25) is 9.84 Å². The van der Waals surface area contributed by atoms with Gasteiger partial charge in [0.15, 0.2) is 5.82 Å². The summed E-state index contributed by atoms with van der Waals surface area (Å²) < 4.78 is 26.6. The van der Waals surface area contributed by atoms with E-state index in [9.17, 15) is 8.42 Å². The summed E-state index contributed by atoms with van der Waals surface area (Å²) in [7, 11) is -1.61. The highest BCUT2D eigenvalue weighted by Gasteiger charge is 2.25. The second kappa shape index (κ2) is 8.45. The largest absolute Gasteiger partial charge is 0.366 e. The van der Waals surface area contributed by atoms with Crippen LogP contribution in [0.2, 0.25) is 0 Å². The summed E-state index contributed by atoms with van der Waals surface area (Å²) >= 11 is 0. The van der Waals surface area contributed by atoms with Gasteiger partial charge in [-0.1, -0.05) is 18.2 Å². The second-order valence-electron chi connectivity index (χ2n) is 7.64. The van der Waals surface area contributed by atoms with Crippen molar-refractivity contribution in [2.75, 3.05) is 30.8 Å². The number of rotatable bonds is 6. The molecule has 1 fully saturated rings. The third kappa shape index (κ3) is 4.47. The van der Waals surface area contributed by atoms with Crippen LogP contribution in [-0.2, 0) is 9.84 Å². The number of H-pyrrole nitrogens is 1. The highest BCUT2D eigenvalue weighted by molar-refractivity contribution is 7.91. The molecule has 0 bridgehead atoms. The SMILES string of the molecule is Cc1cc(Nc2ccc(S(=O)(=O)c3ccccc3)c(NC3CCN(C)CC3)n2)n[nH]1. The Morgan fingerprint density at radius 3 is 2.47 bits per heavy atom. The van der Waals surface area contributed by atoms with E-state index in [1.807, 2.05) is 13.0 Å². The van der Waals surface area contributed by atoms with Crippen LogP contribution in [0.4, 0.5) is 17.5 Å². The molecule has 0 atom stereocenters. The van der Waals surface area contributed by atoms with Crippen molar-refractivity contribution in [3.63, 3.8) is 0 Å². The van der Waals surface area contributed by atoms with Gasteiger partial charge in [-0.2, -0.15) is 5.10 Å². The lowest BCUT2D eigenvalue weighted by molar-refractivity contribution is 0.263. The number of aromatic amines is 1. The number of pyridine rings is 1. The molecule has 2 aromatic heterocycles. The van der Waals surface area contributed by atoms with Crippen LogP contribution in [0, 0.1) is 6.92 Å². The van der Waals surface area contributed by atoms with Crippen molar-refractivity contribution in [2.45, 2.75) is 35.6 Å². The molecular formula is C21H26N6O2S. The molecule has 0 saturated carbocycles. The molecule has 8 nitrogen and oxygen atoms in total. The number of nitrogens with zero attached hydrogens (tertiary/aromatic N) is 3. The maximum absolute atomic E-state index is 13.3. The molecule has 0 amide bonds. The molecule has 1 aliphatic rings. The molecular weight excluding hydrogens is 400 g/mol. The zero-order valence-corrected chi connectivity index (χ0v) is 17.9. The van der Waals surface area contributed by atoms with Gasteiger partial charge < -0.3 is 15.5 Å². The van der Waals surface area contributed by atoms with Gasteiger partial charge in [-0.25, -0.2) is 13.4 Å². The van der Waals surface area contributed by atoms with E-state index in [-0.39, 0.29) is 15.8 Å². The van der Waals surface area contributed by atoms with Crippen LogP contribution < -0.4 is 10.6 Å². The molecule has 3 aromatic rings. The summed E-state index contributed by atoms with van der Waals surface area (Å²) in [5, 5.41) is 13.6. The minimum Gasteiger partial charge on any atom is -0.366 e. The van der Waals surface area contributed by atoms with Crippen molar-refractivity contribution in [1.29, 1.82) is 0 Å². The molecule has 0 aliphatic carbocycles.